The summed E-state index contributed by atoms with van der Waals surface area (Å²) < 4.78 is 0. The van der Waals surface area contributed by atoms with Crippen molar-refractivity contribution in [1.82, 2.24) is 14.9 Å². The minimum Gasteiger partial charge on any atom is -0.341 e. The van der Waals surface area contributed by atoms with E-state index in [4.69, 9.17) is 4.98 Å². The highest BCUT2D eigenvalue weighted by Gasteiger charge is 2.22. The van der Waals surface area contributed by atoms with E-state index < -0.39 is 0 Å². The summed E-state index contributed by atoms with van der Waals surface area (Å²) >= 11 is 0. The van der Waals surface area contributed by atoms with Gasteiger partial charge < -0.3 is 9.80 Å². The van der Waals surface area contributed by atoms with Crippen LogP contribution in [0.4, 0.5) is 5.95 Å². The van der Waals surface area contributed by atoms with Gasteiger partial charge in [0.1, 0.15) is 0 Å². The van der Waals surface area contributed by atoms with Crippen molar-refractivity contribution in [1.29, 1.82) is 0 Å². The van der Waals surface area contributed by atoms with Crippen molar-refractivity contribution in [3.05, 3.63) is 17.5 Å². The van der Waals surface area contributed by atoms with Crippen LogP contribution in [0.2, 0.25) is 0 Å². The van der Waals surface area contributed by atoms with Gasteiger partial charge in [0.05, 0.1) is 5.69 Å². The molecule has 0 saturated carbocycles. The van der Waals surface area contributed by atoms with Crippen LogP contribution in [-0.2, 0) is 13.0 Å². The highest BCUT2D eigenvalue weighted by molar-refractivity contribution is 5.35. The number of anilines is 1. The number of fused-ring (bicyclic) bond motifs is 1. The summed E-state index contributed by atoms with van der Waals surface area (Å²) in [4.78, 5) is 13.9. The van der Waals surface area contributed by atoms with Gasteiger partial charge in [-0.15, -0.1) is 0 Å². The Morgan fingerprint density at radius 1 is 1.35 bits per heavy atom. The Morgan fingerprint density at radius 3 is 3.00 bits per heavy atom. The number of hydrogen-bond donors (Lipinski definition) is 0. The zero-order valence-corrected chi connectivity index (χ0v) is 10.7. The van der Waals surface area contributed by atoms with Crippen LogP contribution in [0, 0.1) is 5.92 Å². The van der Waals surface area contributed by atoms with Gasteiger partial charge in [-0.1, -0.05) is 6.92 Å². The molecule has 17 heavy (non-hydrogen) atoms. The van der Waals surface area contributed by atoms with E-state index in [9.17, 15) is 0 Å². The number of aromatic nitrogens is 2. The van der Waals surface area contributed by atoms with Gasteiger partial charge >= 0.3 is 0 Å². The molecule has 2 aliphatic heterocycles. The Hall–Kier alpha value is -1.16. The average molecular weight is 232 g/mol. The van der Waals surface area contributed by atoms with Gasteiger partial charge in [0.25, 0.3) is 0 Å². The molecule has 1 aromatic rings. The Bertz CT molecular complexity index is 418. The van der Waals surface area contributed by atoms with Crippen molar-refractivity contribution in [3.8, 4) is 0 Å². The van der Waals surface area contributed by atoms with Crippen LogP contribution >= 0.6 is 0 Å². The van der Waals surface area contributed by atoms with Crippen molar-refractivity contribution in [2.75, 3.05) is 31.6 Å². The molecule has 0 N–H and O–H groups in total. The summed E-state index contributed by atoms with van der Waals surface area (Å²) in [6.45, 7) is 6.62. The third-order valence-corrected chi connectivity index (χ3v) is 3.82. The molecule has 0 bridgehead atoms. The van der Waals surface area contributed by atoms with Crippen LogP contribution in [0.25, 0.3) is 0 Å². The van der Waals surface area contributed by atoms with Crippen molar-refractivity contribution in [3.63, 3.8) is 0 Å². The molecule has 0 radical (unpaired) electrons. The maximum atomic E-state index is 4.75. The second-order valence-electron chi connectivity index (χ2n) is 5.47. The van der Waals surface area contributed by atoms with Crippen LogP contribution in [0.3, 0.4) is 0 Å². The number of nitrogens with zero attached hydrogens (tertiary/aromatic N) is 4. The molecule has 3 heterocycles. The van der Waals surface area contributed by atoms with Crippen molar-refractivity contribution < 1.29 is 0 Å². The fourth-order valence-electron chi connectivity index (χ4n) is 2.72. The first kappa shape index (κ1) is 11.0. The molecule has 0 aromatic carbocycles. The molecule has 1 fully saturated rings. The van der Waals surface area contributed by atoms with Gasteiger partial charge in [-0.3, -0.25) is 0 Å². The van der Waals surface area contributed by atoms with Gasteiger partial charge in [-0.2, -0.15) is 0 Å². The van der Waals surface area contributed by atoms with Gasteiger partial charge in [0, 0.05) is 44.4 Å². The highest BCUT2D eigenvalue weighted by atomic mass is 15.3. The van der Waals surface area contributed by atoms with E-state index in [2.05, 4.69) is 28.8 Å². The van der Waals surface area contributed by atoms with E-state index >= 15 is 0 Å². The van der Waals surface area contributed by atoms with Gasteiger partial charge in [-0.05, 0) is 19.4 Å². The van der Waals surface area contributed by atoms with Crippen molar-refractivity contribution >= 4 is 5.95 Å². The number of rotatable bonds is 1. The standard InChI is InChI=1S/C13H20N4/c1-10-3-6-17(8-10)13-14-7-11-9-16(2)5-4-12(11)15-13/h7,10H,3-6,8-9H2,1-2H3. The maximum absolute atomic E-state index is 4.75. The first-order valence-corrected chi connectivity index (χ1v) is 6.50. The normalized spacial score (nSPS) is 25.1. The summed E-state index contributed by atoms with van der Waals surface area (Å²) in [5.41, 5.74) is 2.56. The molecule has 0 amide bonds. The molecule has 2 aliphatic rings. The molecular weight excluding hydrogens is 212 g/mol. The lowest BCUT2D eigenvalue weighted by molar-refractivity contribution is 0.309. The quantitative estimate of drug-likeness (QED) is 0.731. The molecule has 0 aliphatic carbocycles. The predicted octanol–water partition coefficient (Wildman–Crippen LogP) is 1.31. The monoisotopic (exact) mass is 232 g/mol. The van der Waals surface area contributed by atoms with Crippen LogP contribution in [0.15, 0.2) is 6.20 Å². The Kier molecular flexibility index (Phi) is 2.74. The molecule has 92 valence electrons. The summed E-state index contributed by atoms with van der Waals surface area (Å²) in [6, 6.07) is 0. The second kappa shape index (κ2) is 4.26. The predicted molar refractivity (Wildman–Crippen MR) is 68.1 cm³/mol. The van der Waals surface area contributed by atoms with Gasteiger partial charge in [0.2, 0.25) is 5.95 Å². The van der Waals surface area contributed by atoms with E-state index in [0.717, 1.165) is 44.5 Å². The Labute approximate surface area is 103 Å². The molecular formula is C13H20N4. The fraction of sp³-hybridized carbons (Fsp3) is 0.692. The van der Waals surface area contributed by atoms with E-state index in [-0.39, 0.29) is 0 Å². The number of likely N-dealkylation sites (N-methyl/N-ethyl adjacent to an activating group) is 1. The van der Waals surface area contributed by atoms with Crippen molar-refractivity contribution in [2.45, 2.75) is 26.3 Å². The molecule has 0 spiro atoms. The third-order valence-electron chi connectivity index (χ3n) is 3.82. The van der Waals surface area contributed by atoms with Crippen molar-refractivity contribution in [2.24, 2.45) is 5.92 Å². The van der Waals surface area contributed by atoms with Crippen LogP contribution in [0.1, 0.15) is 24.6 Å². The van der Waals surface area contributed by atoms with E-state index in [1.54, 1.807) is 0 Å². The third kappa shape index (κ3) is 2.14. The van der Waals surface area contributed by atoms with E-state index in [1.165, 1.54) is 17.7 Å². The van der Waals surface area contributed by atoms with Crippen LogP contribution in [-0.4, -0.2) is 41.5 Å². The van der Waals surface area contributed by atoms with E-state index in [1.807, 2.05) is 6.20 Å². The Morgan fingerprint density at radius 2 is 2.24 bits per heavy atom. The largest absolute Gasteiger partial charge is 0.341 e. The molecule has 4 nitrogen and oxygen atoms in total. The lowest BCUT2D eigenvalue weighted by atomic mass is 10.1. The van der Waals surface area contributed by atoms with Crippen LogP contribution in [0.5, 0.6) is 0 Å². The Balaban J connectivity index is 1.83. The summed E-state index contributed by atoms with van der Waals surface area (Å²) in [7, 11) is 2.15. The minimum absolute atomic E-state index is 0.778. The molecule has 4 heteroatoms. The minimum atomic E-state index is 0.778. The summed E-state index contributed by atoms with van der Waals surface area (Å²) in [5, 5.41) is 0. The molecule has 3 rings (SSSR count). The zero-order valence-electron chi connectivity index (χ0n) is 10.7. The smallest absolute Gasteiger partial charge is 0.225 e. The summed E-state index contributed by atoms with van der Waals surface area (Å²) in [6.07, 6.45) is 4.35. The summed E-state index contributed by atoms with van der Waals surface area (Å²) in [5.74, 6) is 1.72. The molecule has 1 saturated heterocycles. The second-order valence-corrected chi connectivity index (χ2v) is 5.47. The van der Waals surface area contributed by atoms with Gasteiger partial charge in [0.15, 0.2) is 0 Å². The average Bonchev–Trinajstić information content (AvgIpc) is 2.75. The maximum Gasteiger partial charge on any atom is 0.225 e. The molecule has 1 unspecified atom stereocenters. The SMILES string of the molecule is CC1CCN(c2ncc3c(n2)CCN(C)C3)C1. The van der Waals surface area contributed by atoms with Gasteiger partial charge in [-0.25, -0.2) is 9.97 Å². The molecule has 1 aromatic heterocycles. The first-order chi connectivity index (χ1) is 8.22. The lowest BCUT2D eigenvalue weighted by Crippen LogP contribution is -2.29. The highest BCUT2D eigenvalue weighted by Crippen LogP contribution is 2.22. The molecule has 1 atom stereocenters. The number of hydrogen-bond acceptors (Lipinski definition) is 4. The van der Waals surface area contributed by atoms with Crippen LogP contribution < -0.4 is 4.90 Å². The lowest BCUT2D eigenvalue weighted by Gasteiger charge is -2.25. The van der Waals surface area contributed by atoms with E-state index in [0.29, 0.717) is 0 Å². The fourth-order valence-corrected chi connectivity index (χ4v) is 2.72. The zero-order chi connectivity index (χ0) is 11.8. The first-order valence-electron chi connectivity index (χ1n) is 6.50. The topological polar surface area (TPSA) is 32.3 Å².